The molecule has 1 atom stereocenters. The van der Waals surface area contributed by atoms with Gasteiger partial charge in [-0.1, -0.05) is 5.16 Å². The quantitative estimate of drug-likeness (QED) is 0.316. The Labute approximate surface area is 114 Å². The molecule has 0 spiro atoms. The average Bonchev–Trinajstić information content (AvgIpc) is 2.40. The molecule has 20 heavy (non-hydrogen) atoms. The molecule has 8 nitrogen and oxygen atoms in total. The molecule has 0 unspecified atom stereocenters. The zero-order valence-electron chi connectivity index (χ0n) is 10.4. The van der Waals surface area contributed by atoms with E-state index in [1.165, 1.54) is 24.3 Å². The van der Waals surface area contributed by atoms with E-state index >= 15 is 0 Å². The number of ether oxygens (including phenoxy) is 1. The minimum Gasteiger partial charge on any atom is -0.494 e. The second kappa shape index (κ2) is 7.10. The van der Waals surface area contributed by atoms with Crippen LogP contribution in [0.25, 0.3) is 0 Å². The third-order valence-corrected chi connectivity index (χ3v) is 2.45. The minimum atomic E-state index is -1.35. The van der Waals surface area contributed by atoms with E-state index in [0.717, 1.165) is 0 Å². The smallest absolute Gasteiger partial charge is 0.358 e. The molecule has 0 aromatic heterocycles. The van der Waals surface area contributed by atoms with Crippen molar-refractivity contribution < 1.29 is 29.7 Å². The monoisotopic (exact) mass is 282 g/mol. The van der Waals surface area contributed by atoms with Crippen molar-refractivity contribution in [2.24, 2.45) is 10.9 Å². The maximum absolute atomic E-state index is 10.7. The van der Waals surface area contributed by atoms with Gasteiger partial charge in [0.25, 0.3) is 0 Å². The highest BCUT2D eigenvalue weighted by molar-refractivity contribution is 6.42. The first kappa shape index (κ1) is 15.4. The van der Waals surface area contributed by atoms with Gasteiger partial charge in [0.2, 0.25) is 0 Å². The molecule has 0 heterocycles. The van der Waals surface area contributed by atoms with Crippen molar-refractivity contribution in [3.05, 3.63) is 29.8 Å². The summed E-state index contributed by atoms with van der Waals surface area (Å²) >= 11 is 0. The highest BCUT2D eigenvalue weighted by atomic mass is 16.5. The van der Waals surface area contributed by atoms with Crippen molar-refractivity contribution in [2.75, 3.05) is 6.61 Å². The lowest BCUT2D eigenvalue weighted by molar-refractivity contribution is -0.138. The third-order valence-electron chi connectivity index (χ3n) is 2.45. The van der Waals surface area contributed by atoms with Crippen LogP contribution in [0.1, 0.15) is 12.0 Å². The van der Waals surface area contributed by atoms with Crippen LogP contribution in [0.3, 0.4) is 0 Å². The summed E-state index contributed by atoms with van der Waals surface area (Å²) in [5.74, 6) is -2.03. The molecule has 0 fully saturated rings. The van der Waals surface area contributed by atoms with E-state index in [9.17, 15) is 9.59 Å². The molecule has 1 aromatic rings. The van der Waals surface area contributed by atoms with E-state index in [2.05, 4.69) is 5.16 Å². The first-order chi connectivity index (χ1) is 9.45. The van der Waals surface area contributed by atoms with Gasteiger partial charge in [-0.15, -0.1) is 0 Å². The van der Waals surface area contributed by atoms with Crippen LogP contribution >= 0.6 is 0 Å². The summed E-state index contributed by atoms with van der Waals surface area (Å²) in [5, 5.41) is 28.6. The fourth-order valence-corrected chi connectivity index (χ4v) is 1.36. The Morgan fingerprint density at radius 1 is 1.25 bits per heavy atom. The van der Waals surface area contributed by atoms with Crippen molar-refractivity contribution in [1.29, 1.82) is 0 Å². The summed E-state index contributed by atoms with van der Waals surface area (Å²) in [5.41, 5.74) is 5.04. The molecule has 1 rings (SSSR count). The molecule has 0 amide bonds. The van der Waals surface area contributed by atoms with E-state index in [0.29, 0.717) is 5.75 Å². The lowest BCUT2D eigenvalue weighted by Crippen LogP contribution is -2.31. The van der Waals surface area contributed by atoms with E-state index in [-0.39, 0.29) is 18.6 Å². The molecule has 0 saturated carbocycles. The summed E-state index contributed by atoms with van der Waals surface area (Å²) in [7, 11) is 0. The molecule has 8 heteroatoms. The SMILES string of the molecule is N[C@H](CCOc1ccc(C(=NO)C(=O)O)cc1)C(=O)O. The molecule has 108 valence electrons. The second-order valence-corrected chi connectivity index (χ2v) is 3.86. The van der Waals surface area contributed by atoms with Crippen LogP contribution in [0.2, 0.25) is 0 Å². The first-order valence-corrected chi connectivity index (χ1v) is 5.62. The Bertz CT molecular complexity index is 511. The van der Waals surface area contributed by atoms with E-state index < -0.39 is 23.7 Å². The maximum Gasteiger partial charge on any atom is 0.358 e. The predicted molar refractivity (Wildman–Crippen MR) is 68.1 cm³/mol. The van der Waals surface area contributed by atoms with Crippen molar-refractivity contribution in [3.63, 3.8) is 0 Å². The van der Waals surface area contributed by atoms with Crippen molar-refractivity contribution in [1.82, 2.24) is 0 Å². The number of nitrogens with two attached hydrogens (primary N) is 1. The largest absolute Gasteiger partial charge is 0.494 e. The van der Waals surface area contributed by atoms with Crippen molar-refractivity contribution >= 4 is 17.7 Å². The Balaban J connectivity index is 2.59. The Morgan fingerprint density at radius 3 is 2.30 bits per heavy atom. The van der Waals surface area contributed by atoms with Crippen LogP contribution in [0, 0.1) is 0 Å². The van der Waals surface area contributed by atoms with Gasteiger partial charge in [-0.3, -0.25) is 4.79 Å². The molecule has 0 bridgehead atoms. The molecule has 0 aliphatic heterocycles. The number of hydrogen-bond donors (Lipinski definition) is 4. The van der Waals surface area contributed by atoms with Crippen LogP contribution < -0.4 is 10.5 Å². The Morgan fingerprint density at radius 2 is 1.85 bits per heavy atom. The van der Waals surface area contributed by atoms with Gasteiger partial charge in [-0.2, -0.15) is 0 Å². The van der Waals surface area contributed by atoms with Crippen molar-refractivity contribution in [2.45, 2.75) is 12.5 Å². The van der Waals surface area contributed by atoms with Gasteiger partial charge in [-0.25, -0.2) is 4.79 Å². The zero-order valence-corrected chi connectivity index (χ0v) is 10.4. The summed E-state index contributed by atoms with van der Waals surface area (Å²) in [6.07, 6.45) is 0.148. The molecule has 0 saturated heterocycles. The van der Waals surface area contributed by atoms with Gasteiger partial charge >= 0.3 is 11.9 Å². The van der Waals surface area contributed by atoms with Crippen LogP contribution in [-0.4, -0.2) is 45.7 Å². The van der Waals surface area contributed by atoms with Gasteiger partial charge in [0, 0.05) is 12.0 Å². The topological polar surface area (TPSA) is 142 Å². The number of carboxylic acid groups (broad SMARTS) is 2. The lowest BCUT2D eigenvalue weighted by Gasteiger charge is -2.09. The summed E-state index contributed by atoms with van der Waals surface area (Å²) in [4.78, 5) is 21.2. The standard InChI is InChI=1S/C12H14N2O6/c13-9(11(15)16)5-6-20-8-3-1-7(2-4-8)10(14-19)12(17)18/h1-4,9,19H,5-6,13H2,(H,15,16)(H,17,18)/t9-/m1/s1. The second-order valence-electron chi connectivity index (χ2n) is 3.86. The normalized spacial score (nSPS) is 12.8. The molecule has 0 aliphatic rings. The number of oxime groups is 1. The maximum atomic E-state index is 10.7. The van der Waals surface area contributed by atoms with Crippen LogP contribution in [0.4, 0.5) is 0 Å². The molecule has 0 aliphatic carbocycles. The third kappa shape index (κ3) is 4.25. The van der Waals surface area contributed by atoms with Crippen LogP contribution in [-0.2, 0) is 9.59 Å². The fraction of sp³-hybridized carbons (Fsp3) is 0.250. The summed E-state index contributed by atoms with van der Waals surface area (Å²) in [6.45, 7) is 0.118. The summed E-state index contributed by atoms with van der Waals surface area (Å²) in [6, 6.07) is 4.80. The average molecular weight is 282 g/mol. The number of carboxylic acids is 2. The van der Waals surface area contributed by atoms with Gasteiger partial charge in [0.15, 0.2) is 5.71 Å². The van der Waals surface area contributed by atoms with Gasteiger partial charge < -0.3 is 25.9 Å². The molecule has 1 aromatic carbocycles. The predicted octanol–water partition coefficient (Wildman–Crippen LogP) is 0.130. The number of rotatable bonds is 7. The molecule has 5 N–H and O–H groups in total. The fourth-order valence-electron chi connectivity index (χ4n) is 1.36. The molecule has 0 radical (unpaired) electrons. The van der Waals surface area contributed by atoms with Gasteiger partial charge in [0.1, 0.15) is 11.8 Å². The number of carbonyl (C=O) groups is 2. The number of benzene rings is 1. The Kier molecular flexibility index (Phi) is 5.48. The van der Waals surface area contributed by atoms with Gasteiger partial charge in [0.05, 0.1) is 6.61 Å². The van der Waals surface area contributed by atoms with E-state index in [1.54, 1.807) is 0 Å². The molecular weight excluding hydrogens is 268 g/mol. The van der Waals surface area contributed by atoms with E-state index in [4.69, 9.17) is 25.9 Å². The van der Waals surface area contributed by atoms with E-state index in [1.807, 2.05) is 0 Å². The number of hydrogen-bond acceptors (Lipinski definition) is 6. The van der Waals surface area contributed by atoms with Crippen molar-refractivity contribution in [3.8, 4) is 5.75 Å². The first-order valence-electron chi connectivity index (χ1n) is 5.62. The molecular formula is C12H14N2O6. The number of aliphatic carboxylic acids is 2. The number of nitrogens with zero attached hydrogens (tertiary/aromatic N) is 1. The highest BCUT2D eigenvalue weighted by Gasteiger charge is 2.13. The van der Waals surface area contributed by atoms with Gasteiger partial charge in [-0.05, 0) is 24.3 Å². The Hall–Kier alpha value is -2.61. The summed E-state index contributed by atoms with van der Waals surface area (Å²) < 4.78 is 5.26. The lowest BCUT2D eigenvalue weighted by atomic mass is 10.1. The zero-order chi connectivity index (χ0) is 15.1. The van der Waals surface area contributed by atoms with Crippen LogP contribution in [0.5, 0.6) is 5.75 Å². The minimum absolute atomic E-state index is 0.118. The highest BCUT2D eigenvalue weighted by Crippen LogP contribution is 2.13. The van der Waals surface area contributed by atoms with Crippen LogP contribution in [0.15, 0.2) is 29.4 Å².